The molecule has 3 heterocycles. The van der Waals surface area contributed by atoms with Gasteiger partial charge in [-0.1, -0.05) is 54.7 Å². The molecule has 2 aliphatic rings. The molecule has 30 heavy (non-hydrogen) atoms. The summed E-state index contributed by atoms with van der Waals surface area (Å²) in [7, 11) is 1.74. The lowest BCUT2D eigenvalue weighted by Gasteiger charge is -2.28. The molecule has 2 aromatic heterocycles. The van der Waals surface area contributed by atoms with Gasteiger partial charge in [-0.3, -0.25) is 15.0 Å². The number of hydrogen-bond acceptors (Lipinski definition) is 7. The number of nitrogens with one attached hydrogen (secondary N) is 1. The van der Waals surface area contributed by atoms with Crippen LogP contribution in [0.2, 0.25) is 0 Å². The second kappa shape index (κ2) is 7.23. The highest BCUT2D eigenvalue weighted by atomic mass is 32.1. The van der Waals surface area contributed by atoms with Gasteiger partial charge < -0.3 is 5.11 Å². The zero-order valence-electron chi connectivity index (χ0n) is 16.8. The highest BCUT2D eigenvalue weighted by Gasteiger charge is 2.61. The number of aromatic nitrogens is 3. The van der Waals surface area contributed by atoms with Crippen molar-refractivity contribution < 1.29 is 9.90 Å². The van der Waals surface area contributed by atoms with Crippen molar-refractivity contribution in [3.8, 4) is 0 Å². The minimum absolute atomic E-state index is 0.0921. The monoisotopic (exact) mass is 421 g/mol. The number of carbonyl (C=O) groups excluding carboxylic acids is 1. The van der Waals surface area contributed by atoms with Crippen molar-refractivity contribution >= 4 is 23.1 Å². The molecule has 1 fully saturated rings. The molecule has 2 unspecified atom stereocenters. The first-order valence-corrected chi connectivity index (χ1v) is 10.8. The van der Waals surface area contributed by atoms with E-state index in [1.54, 1.807) is 18.1 Å². The van der Waals surface area contributed by atoms with Gasteiger partial charge in [-0.05, 0) is 34.9 Å². The number of rotatable bonds is 5. The summed E-state index contributed by atoms with van der Waals surface area (Å²) in [6.45, 7) is 2.09. The van der Waals surface area contributed by atoms with Crippen LogP contribution in [-0.4, -0.2) is 39.3 Å². The van der Waals surface area contributed by atoms with E-state index >= 15 is 0 Å². The maximum atomic E-state index is 13.2. The summed E-state index contributed by atoms with van der Waals surface area (Å²) in [6, 6.07) is 13.4. The Hall–Kier alpha value is -2.68. The van der Waals surface area contributed by atoms with E-state index in [-0.39, 0.29) is 17.2 Å². The Kier molecular flexibility index (Phi) is 4.65. The zero-order valence-corrected chi connectivity index (χ0v) is 17.6. The van der Waals surface area contributed by atoms with Crippen LogP contribution in [0.5, 0.6) is 0 Å². The van der Waals surface area contributed by atoms with Crippen molar-refractivity contribution in [3.63, 3.8) is 0 Å². The molecule has 0 radical (unpaired) electrons. The molecule has 0 spiro atoms. The van der Waals surface area contributed by atoms with Crippen molar-refractivity contribution in [2.45, 2.75) is 38.0 Å². The third-order valence-electron chi connectivity index (χ3n) is 6.27. The molecule has 0 saturated heterocycles. The maximum absolute atomic E-state index is 13.2. The predicted octanol–water partition coefficient (Wildman–Crippen LogP) is 2.64. The second-order valence-electron chi connectivity index (χ2n) is 8.27. The molecule has 7 nitrogen and oxygen atoms in total. The Bertz CT molecular complexity index is 1090. The van der Waals surface area contributed by atoms with Crippen molar-refractivity contribution in [3.05, 3.63) is 69.8 Å². The Balaban J connectivity index is 1.35. The summed E-state index contributed by atoms with van der Waals surface area (Å²) >= 11 is 1.36. The average Bonchev–Trinajstić information content (AvgIpc) is 3.24. The summed E-state index contributed by atoms with van der Waals surface area (Å²) in [5, 5.41) is 23.7. The van der Waals surface area contributed by atoms with E-state index in [9.17, 15) is 9.90 Å². The summed E-state index contributed by atoms with van der Waals surface area (Å²) in [6.07, 6.45) is 2.20. The van der Waals surface area contributed by atoms with Crippen molar-refractivity contribution in [2.24, 2.45) is 5.41 Å². The fraction of sp³-hybridized carbons (Fsp3) is 0.364. The summed E-state index contributed by atoms with van der Waals surface area (Å²) in [5.74, 6) is 0.851. The lowest BCUT2D eigenvalue weighted by atomic mass is 9.93. The number of nitrogens with zero attached hydrogens (tertiary/aromatic N) is 4. The van der Waals surface area contributed by atoms with E-state index in [1.165, 1.54) is 11.3 Å². The average molecular weight is 422 g/mol. The summed E-state index contributed by atoms with van der Waals surface area (Å²) < 4.78 is 0. The molecular weight excluding hydrogens is 398 g/mol. The number of likely N-dealkylation sites (N-methyl/N-ethyl adjacent to an activating group) is 1. The van der Waals surface area contributed by atoms with Gasteiger partial charge in [0.2, 0.25) is 5.91 Å². The third kappa shape index (κ3) is 3.21. The zero-order chi connectivity index (χ0) is 20.9. The SMILES string of the molecule is CN1C(=O)[C@@H](NC(O)c2nnc(Cc3ccccc3)s2)C2(C)C[C@H]2c2cccnc21. The van der Waals surface area contributed by atoms with Gasteiger partial charge >= 0.3 is 0 Å². The molecule has 1 aromatic carbocycles. The first kappa shape index (κ1) is 19.3. The van der Waals surface area contributed by atoms with Gasteiger partial charge in [0.05, 0.1) is 6.04 Å². The van der Waals surface area contributed by atoms with Crippen molar-refractivity contribution in [1.82, 2.24) is 20.5 Å². The number of carbonyl (C=O) groups is 1. The molecule has 1 aliphatic carbocycles. The Morgan fingerprint density at radius 2 is 2.07 bits per heavy atom. The molecule has 1 aliphatic heterocycles. The van der Waals surface area contributed by atoms with Crippen LogP contribution >= 0.6 is 11.3 Å². The molecule has 2 N–H and O–H groups in total. The molecule has 8 heteroatoms. The molecule has 0 bridgehead atoms. The maximum Gasteiger partial charge on any atom is 0.245 e. The Morgan fingerprint density at radius 3 is 2.87 bits per heavy atom. The number of fused-ring (bicyclic) bond motifs is 3. The van der Waals surface area contributed by atoms with Crippen LogP contribution in [0.3, 0.4) is 0 Å². The van der Waals surface area contributed by atoms with Crippen LogP contribution in [0.1, 0.15) is 46.6 Å². The smallest absolute Gasteiger partial charge is 0.245 e. The number of anilines is 1. The first-order valence-electron chi connectivity index (χ1n) is 10.00. The van der Waals surface area contributed by atoms with Crippen LogP contribution in [0.25, 0.3) is 0 Å². The Labute approximate surface area is 178 Å². The number of aliphatic hydroxyl groups excluding tert-OH is 1. The number of pyridine rings is 1. The predicted molar refractivity (Wildman–Crippen MR) is 114 cm³/mol. The van der Waals surface area contributed by atoms with E-state index in [4.69, 9.17) is 0 Å². The van der Waals surface area contributed by atoms with Crippen LogP contribution in [0.4, 0.5) is 5.82 Å². The molecule has 154 valence electrons. The third-order valence-corrected chi connectivity index (χ3v) is 7.24. The van der Waals surface area contributed by atoms with Crippen LogP contribution < -0.4 is 10.2 Å². The highest BCUT2D eigenvalue weighted by Crippen LogP contribution is 2.64. The first-order chi connectivity index (χ1) is 14.5. The lowest BCUT2D eigenvalue weighted by Crippen LogP contribution is -2.50. The highest BCUT2D eigenvalue weighted by molar-refractivity contribution is 7.11. The van der Waals surface area contributed by atoms with Gasteiger partial charge in [0.25, 0.3) is 0 Å². The largest absolute Gasteiger partial charge is 0.372 e. The minimum Gasteiger partial charge on any atom is -0.372 e. The molecule has 1 amide bonds. The number of benzene rings is 1. The van der Waals surface area contributed by atoms with Crippen LogP contribution in [0, 0.1) is 5.41 Å². The lowest BCUT2D eigenvalue weighted by molar-refractivity contribution is -0.123. The van der Waals surface area contributed by atoms with Gasteiger partial charge in [-0.25, -0.2) is 4.98 Å². The van der Waals surface area contributed by atoms with Crippen LogP contribution in [0.15, 0.2) is 48.7 Å². The number of aliphatic hydroxyl groups is 1. The quantitative estimate of drug-likeness (QED) is 0.616. The fourth-order valence-corrected chi connectivity index (χ4v) is 5.24. The van der Waals surface area contributed by atoms with Gasteiger partial charge in [-0.15, -0.1) is 10.2 Å². The van der Waals surface area contributed by atoms with Gasteiger partial charge in [0, 0.05) is 19.7 Å². The minimum atomic E-state index is -1.05. The van der Waals surface area contributed by atoms with Gasteiger partial charge in [0.1, 0.15) is 10.8 Å². The van der Waals surface area contributed by atoms with Gasteiger partial charge in [-0.2, -0.15) is 0 Å². The second-order valence-corrected chi connectivity index (χ2v) is 9.37. The number of hydrogen-bond donors (Lipinski definition) is 2. The summed E-state index contributed by atoms with van der Waals surface area (Å²) in [4.78, 5) is 19.3. The molecule has 3 aromatic rings. The number of amides is 1. The topological polar surface area (TPSA) is 91.2 Å². The van der Waals surface area contributed by atoms with E-state index in [2.05, 4.69) is 27.4 Å². The standard InChI is InChI=1S/C22H23N5O2S/c1-22-12-15(22)14-9-6-10-23-18(14)27(2)21(29)17(22)24-19(28)20-26-25-16(30-20)11-13-7-4-3-5-8-13/h3-10,15,17,19,24,28H,11-12H2,1-2H3/t15-,17+,19?,22?/m0/s1. The van der Waals surface area contributed by atoms with Crippen molar-refractivity contribution in [2.75, 3.05) is 11.9 Å². The molecule has 1 saturated carbocycles. The fourth-order valence-electron chi connectivity index (χ4n) is 4.42. The van der Waals surface area contributed by atoms with E-state index < -0.39 is 12.3 Å². The van der Waals surface area contributed by atoms with Crippen LogP contribution in [-0.2, 0) is 11.2 Å². The summed E-state index contributed by atoms with van der Waals surface area (Å²) in [5.41, 5.74) is 1.97. The van der Waals surface area contributed by atoms with E-state index in [0.717, 1.165) is 22.6 Å². The molecule has 5 rings (SSSR count). The van der Waals surface area contributed by atoms with Crippen molar-refractivity contribution in [1.29, 1.82) is 0 Å². The molecular formula is C22H23N5O2S. The van der Waals surface area contributed by atoms with Gasteiger partial charge in [0.15, 0.2) is 11.2 Å². The van der Waals surface area contributed by atoms with E-state index in [0.29, 0.717) is 17.2 Å². The molecule has 4 atom stereocenters. The normalized spacial score (nSPS) is 26.0. The Morgan fingerprint density at radius 1 is 1.27 bits per heavy atom. The van der Waals surface area contributed by atoms with E-state index in [1.807, 2.05) is 42.5 Å².